The van der Waals surface area contributed by atoms with E-state index >= 15 is 0 Å². The fourth-order valence-electron chi connectivity index (χ4n) is 2.98. The molecule has 4 rings (SSSR count). The predicted molar refractivity (Wildman–Crippen MR) is 91.6 cm³/mol. The quantitative estimate of drug-likeness (QED) is 0.746. The van der Waals surface area contributed by atoms with E-state index in [1.54, 1.807) is 42.5 Å². The largest absolute Gasteiger partial charge is 0.477 e. The lowest BCUT2D eigenvalue weighted by atomic mass is 10.1. The number of amides is 1. The van der Waals surface area contributed by atoms with Gasteiger partial charge in [-0.2, -0.15) is 13.2 Å². The number of carbonyl (C=O) groups is 1. The number of rotatable bonds is 2. The summed E-state index contributed by atoms with van der Waals surface area (Å²) >= 11 is 0. The van der Waals surface area contributed by atoms with Crippen LogP contribution in [0.15, 0.2) is 48.5 Å². The van der Waals surface area contributed by atoms with Crippen LogP contribution in [0.2, 0.25) is 0 Å². The molecule has 3 aromatic rings. The Morgan fingerprint density at radius 1 is 1.11 bits per heavy atom. The number of para-hydroxylation sites is 3. The van der Waals surface area contributed by atoms with Crippen LogP contribution in [0.3, 0.4) is 0 Å². The average molecular weight is 374 g/mol. The number of ether oxygens (including phenoxy) is 1. The molecule has 6 nitrogen and oxygen atoms in total. The molecule has 0 spiro atoms. The molecule has 1 atom stereocenters. The lowest BCUT2D eigenvalue weighted by Gasteiger charge is -2.34. The second-order valence-corrected chi connectivity index (χ2v) is 5.97. The molecule has 138 valence electrons. The molecule has 0 saturated heterocycles. The predicted octanol–water partition coefficient (Wildman–Crippen LogP) is 3.03. The SMILES string of the molecule is NC(=O)[C@@H]1CN(c2nc(C(F)(F)F)nc3ccccc23)c2ccccc2O1. The van der Waals surface area contributed by atoms with E-state index in [1.165, 1.54) is 11.0 Å². The first kappa shape index (κ1) is 17.1. The topological polar surface area (TPSA) is 81.3 Å². The Bertz CT molecular complexity index is 1040. The summed E-state index contributed by atoms with van der Waals surface area (Å²) in [6.45, 7) is -0.0648. The molecule has 1 aromatic heterocycles. The zero-order chi connectivity index (χ0) is 19.2. The number of carbonyl (C=O) groups excluding carboxylic acids is 1. The summed E-state index contributed by atoms with van der Waals surface area (Å²) in [5.74, 6) is -1.60. The van der Waals surface area contributed by atoms with Crippen LogP contribution >= 0.6 is 0 Å². The molecule has 1 amide bonds. The highest BCUT2D eigenvalue weighted by atomic mass is 19.4. The monoisotopic (exact) mass is 374 g/mol. The molecule has 0 aliphatic carbocycles. The van der Waals surface area contributed by atoms with Gasteiger partial charge in [-0.05, 0) is 24.3 Å². The van der Waals surface area contributed by atoms with E-state index in [4.69, 9.17) is 10.5 Å². The van der Waals surface area contributed by atoms with Gasteiger partial charge in [-0.1, -0.05) is 24.3 Å². The van der Waals surface area contributed by atoms with Gasteiger partial charge in [0.2, 0.25) is 5.82 Å². The molecule has 1 aliphatic rings. The number of fused-ring (bicyclic) bond motifs is 2. The highest BCUT2D eigenvalue weighted by Crippen LogP contribution is 2.40. The summed E-state index contributed by atoms with van der Waals surface area (Å²) in [6.07, 6.45) is -5.74. The van der Waals surface area contributed by atoms with Crippen molar-refractivity contribution in [2.45, 2.75) is 12.3 Å². The second kappa shape index (κ2) is 6.11. The first-order chi connectivity index (χ1) is 12.8. The molecule has 0 fully saturated rings. The Hall–Kier alpha value is -3.36. The Balaban J connectivity index is 1.97. The first-order valence-corrected chi connectivity index (χ1v) is 8.01. The van der Waals surface area contributed by atoms with Crippen LogP contribution in [0.5, 0.6) is 5.75 Å². The minimum atomic E-state index is -4.71. The zero-order valence-corrected chi connectivity index (χ0v) is 13.8. The van der Waals surface area contributed by atoms with Gasteiger partial charge >= 0.3 is 6.18 Å². The average Bonchev–Trinajstić information content (AvgIpc) is 2.65. The van der Waals surface area contributed by atoms with Crippen LogP contribution in [0, 0.1) is 0 Å². The lowest BCUT2D eigenvalue weighted by Crippen LogP contribution is -2.45. The van der Waals surface area contributed by atoms with Gasteiger partial charge in [0.1, 0.15) is 11.6 Å². The first-order valence-electron chi connectivity index (χ1n) is 8.01. The van der Waals surface area contributed by atoms with Crippen LogP contribution < -0.4 is 15.4 Å². The van der Waals surface area contributed by atoms with Gasteiger partial charge in [-0.15, -0.1) is 0 Å². The van der Waals surface area contributed by atoms with Crippen molar-refractivity contribution in [3.05, 3.63) is 54.4 Å². The molecule has 9 heteroatoms. The van der Waals surface area contributed by atoms with Crippen molar-refractivity contribution < 1.29 is 22.7 Å². The smallest absolute Gasteiger partial charge is 0.451 e. The molecular formula is C18H13F3N4O2. The highest BCUT2D eigenvalue weighted by molar-refractivity contribution is 5.93. The summed E-state index contributed by atoms with van der Waals surface area (Å²) < 4.78 is 45.5. The van der Waals surface area contributed by atoms with Gasteiger partial charge in [-0.3, -0.25) is 4.79 Å². The second-order valence-electron chi connectivity index (χ2n) is 5.97. The summed E-state index contributed by atoms with van der Waals surface area (Å²) in [6, 6.07) is 13.1. The number of anilines is 2. The van der Waals surface area contributed by atoms with E-state index in [0.717, 1.165) is 0 Å². The molecular weight excluding hydrogens is 361 g/mol. The summed E-state index contributed by atoms with van der Waals surface area (Å²) in [5, 5.41) is 0.422. The van der Waals surface area contributed by atoms with Crippen molar-refractivity contribution in [1.82, 2.24) is 9.97 Å². The lowest BCUT2D eigenvalue weighted by molar-refractivity contribution is -0.144. The number of hydrogen-bond acceptors (Lipinski definition) is 5. The van der Waals surface area contributed by atoms with Crippen LogP contribution in [-0.2, 0) is 11.0 Å². The van der Waals surface area contributed by atoms with E-state index in [1.807, 2.05) is 0 Å². The number of nitrogens with zero attached hydrogens (tertiary/aromatic N) is 3. The summed E-state index contributed by atoms with van der Waals surface area (Å²) in [7, 11) is 0. The van der Waals surface area contributed by atoms with Crippen LogP contribution in [-0.4, -0.2) is 28.5 Å². The van der Waals surface area contributed by atoms with Crippen molar-refractivity contribution in [2.24, 2.45) is 5.73 Å². The Labute approximate surface area is 151 Å². The summed E-state index contributed by atoms with van der Waals surface area (Å²) in [4.78, 5) is 20.6. The minimum absolute atomic E-state index is 0.0370. The van der Waals surface area contributed by atoms with Gasteiger partial charge in [0.25, 0.3) is 5.91 Å². The number of aromatic nitrogens is 2. The molecule has 0 unspecified atom stereocenters. The molecule has 0 saturated carbocycles. The van der Waals surface area contributed by atoms with Gasteiger partial charge < -0.3 is 15.4 Å². The normalized spacial score (nSPS) is 16.7. The Morgan fingerprint density at radius 3 is 2.56 bits per heavy atom. The van der Waals surface area contributed by atoms with Crippen molar-refractivity contribution in [2.75, 3.05) is 11.4 Å². The third kappa shape index (κ3) is 3.01. The van der Waals surface area contributed by atoms with E-state index in [9.17, 15) is 18.0 Å². The minimum Gasteiger partial charge on any atom is -0.477 e. The maximum Gasteiger partial charge on any atom is 0.451 e. The molecule has 27 heavy (non-hydrogen) atoms. The molecule has 2 heterocycles. The molecule has 1 aliphatic heterocycles. The maximum atomic E-state index is 13.3. The number of halogens is 3. The van der Waals surface area contributed by atoms with Crippen molar-refractivity contribution in [3.63, 3.8) is 0 Å². The van der Waals surface area contributed by atoms with Crippen molar-refractivity contribution >= 4 is 28.3 Å². The fraction of sp³-hybridized carbons (Fsp3) is 0.167. The number of primary amides is 1. The van der Waals surface area contributed by atoms with Crippen molar-refractivity contribution in [3.8, 4) is 5.75 Å². The fourth-order valence-corrected chi connectivity index (χ4v) is 2.98. The maximum absolute atomic E-state index is 13.3. The van der Waals surface area contributed by atoms with E-state index in [0.29, 0.717) is 16.8 Å². The molecule has 0 bridgehead atoms. The van der Waals surface area contributed by atoms with Gasteiger partial charge in [-0.25, -0.2) is 9.97 Å². The Morgan fingerprint density at radius 2 is 1.81 bits per heavy atom. The number of hydrogen-bond donors (Lipinski definition) is 1. The highest BCUT2D eigenvalue weighted by Gasteiger charge is 2.38. The van der Waals surface area contributed by atoms with Gasteiger partial charge in [0.15, 0.2) is 6.10 Å². The number of benzene rings is 2. The van der Waals surface area contributed by atoms with E-state index < -0.39 is 24.0 Å². The number of alkyl halides is 3. The zero-order valence-electron chi connectivity index (χ0n) is 13.8. The van der Waals surface area contributed by atoms with E-state index in [2.05, 4.69) is 9.97 Å². The third-order valence-electron chi connectivity index (χ3n) is 4.18. The van der Waals surface area contributed by atoms with Crippen LogP contribution in [0.25, 0.3) is 10.9 Å². The van der Waals surface area contributed by atoms with Gasteiger partial charge in [0.05, 0.1) is 17.7 Å². The standard InChI is InChI=1S/C18H13F3N4O2/c19-18(20,21)17-23-11-6-2-1-5-10(11)16(24-17)25-9-14(15(22)26)27-13-8-4-3-7-12(13)25/h1-8,14H,9H2,(H2,22,26)/t14-/m0/s1. The van der Waals surface area contributed by atoms with Crippen LogP contribution in [0.4, 0.5) is 24.7 Å². The third-order valence-corrected chi connectivity index (χ3v) is 4.18. The van der Waals surface area contributed by atoms with Crippen molar-refractivity contribution in [1.29, 1.82) is 0 Å². The molecule has 2 N–H and O–H groups in total. The number of nitrogens with two attached hydrogens (primary N) is 1. The molecule has 0 radical (unpaired) electrons. The van der Waals surface area contributed by atoms with Gasteiger partial charge in [0, 0.05) is 5.39 Å². The van der Waals surface area contributed by atoms with E-state index in [-0.39, 0.29) is 17.9 Å². The summed E-state index contributed by atoms with van der Waals surface area (Å²) in [5.41, 5.74) is 6.01. The van der Waals surface area contributed by atoms with Crippen LogP contribution in [0.1, 0.15) is 5.82 Å². The Kier molecular flexibility index (Phi) is 3.87. The molecule has 2 aromatic carbocycles.